The molecule has 0 saturated heterocycles. The van der Waals surface area contributed by atoms with E-state index < -0.39 is 11.9 Å². The zero-order chi connectivity index (χ0) is 14.4. The molecule has 0 amide bonds. The number of hydrogen-bond acceptors (Lipinski definition) is 4. The molecule has 1 atom stereocenters. The van der Waals surface area contributed by atoms with Gasteiger partial charge in [0.2, 0.25) is 0 Å². The number of rotatable bonds is 7. The maximum Gasteiger partial charge on any atom is 0.316 e. The highest BCUT2D eigenvalue weighted by molar-refractivity contribution is 6.03. The van der Waals surface area contributed by atoms with Crippen molar-refractivity contribution in [3.63, 3.8) is 0 Å². The molecular formula is C15H24O4. The number of carbonyl (C=O) groups is 3. The number of esters is 1. The lowest BCUT2D eigenvalue weighted by Crippen LogP contribution is -2.33. The third-order valence-corrected chi connectivity index (χ3v) is 3.72. The molecule has 1 unspecified atom stereocenters. The second-order valence-electron chi connectivity index (χ2n) is 5.51. The van der Waals surface area contributed by atoms with Gasteiger partial charge in [-0.1, -0.05) is 26.7 Å². The van der Waals surface area contributed by atoms with Gasteiger partial charge in [-0.05, 0) is 19.8 Å². The first kappa shape index (κ1) is 15.9. The van der Waals surface area contributed by atoms with E-state index in [2.05, 4.69) is 0 Å². The predicted molar refractivity (Wildman–Crippen MR) is 71.6 cm³/mol. The number of Topliss-reactive ketones (excluding diaryl/α,β-unsaturated/α-hetero) is 2. The molecule has 0 aromatic heterocycles. The van der Waals surface area contributed by atoms with Gasteiger partial charge in [-0.2, -0.15) is 0 Å². The number of ether oxygens (including phenoxy) is 1. The van der Waals surface area contributed by atoms with Crippen LogP contribution in [-0.2, 0) is 19.1 Å². The second kappa shape index (κ2) is 7.41. The molecule has 4 heteroatoms. The quantitative estimate of drug-likeness (QED) is 0.526. The Morgan fingerprint density at radius 3 is 2.21 bits per heavy atom. The summed E-state index contributed by atoms with van der Waals surface area (Å²) in [4.78, 5) is 36.1. The highest BCUT2D eigenvalue weighted by atomic mass is 16.5. The highest BCUT2D eigenvalue weighted by Crippen LogP contribution is 2.29. The molecule has 108 valence electrons. The molecule has 0 aromatic carbocycles. The molecule has 0 radical (unpaired) electrons. The Morgan fingerprint density at radius 2 is 1.74 bits per heavy atom. The molecule has 1 aliphatic carbocycles. The summed E-state index contributed by atoms with van der Waals surface area (Å²) in [5.74, 6) is -1.79. The Labute approximate surface area is 114 Å². The van der Waals surface area contributed by atoms with Crippen LogP contribution in [0.4, 0.5) is 0 Å². The van der Waals surface area contributed by atoms with E-state index >= 15 is 0 Å². The van der Waals surface area contributed by atoms with E-state index in [0.29, 0.717) is 0 Å². The first-order valence-electron chi connectivity index (χ1n) is 7.20. The van der Waals surface area contributed by atoms with E-state index in [9.17, 15) is 14.4 Å². The summed E-state index contributed by atoms with van der Waals surface area (Å²) in [7, 11) is 0. The average molecular weight is 268 g/mol. The molecule has 1 aliphatic rings. The maximum absolute atomic E-state index is 12.4. The van der Waals surface area contributed by atoms with Gasteiger partial charge in [0.05, 0.1) is 6.61 Å². The van der Waals surface area contributed by atoms with Gasteiger partial charge in [0, 0.05) is 18.3 Å². The summed E-state index contributed by atoms with van der Waals surface area (Å²) < 4.78 is 4.95. The molecule has 4 nitrogen and oxygen atoms in total. The van der Waals surface area contributed by atoms with Gasteiger partial charge in [-0.25, -0.2) is 0 Å². The van der Waals surface area contributed by atoms with Gasteiger partial charge in [-0.15, -0.1) is 0 Å². The fourth-order valence-corrected chi connectivity index (χ4v) is 2.47. The minimum Gasteiger partial charge on any atom is -0.465 e. The summed E-state index contributed by atoms with van der Waals surface area (Å²) in [6.45, 7) is 5.51. The maximum atomic E-state index is 12.4. The molecule has 0 spiro atoms. The molecule has 1 fully saturated rings. The molecule has 1 rings (SSSR count). The summed E-state index contributed by atoms with van der Waals surface area (Å²) >= 11 is 0. The van der Waals surface area contributed by atoms with Crippen LogP contribution in [0.1, 0.15) is 52.9 Å². The van der Waals surface area contributed by atoms with Crippen molar-refractivity contribution in [1.29, 1.82) is 0 Å². The van der Waals surface area contributed by atoms with E-state index in [1.54, 1.807) is 20.8 Å². The first-order valence-corrected chi connectivity index (χ1v) is 7.20. The van der Waals surface area contributed by atoms with Crippen LogP contribution in [-0.4, -0.2) is 24.1 Å². The van der Waals surface area contributed by atoms with Crippen LogP contribution >= 0.6 is 0 Å². The molecule has 0 aliphatic heterocycles. The van der Waals surface area contributed by atoms with E-state index in [-0.39, 0.29) is 36.4 Å². The molecular weight excluding hydrogens is 244 g/mol. The van der Waals surface area contributed by atoms with Crippen molar-refractivity contribution >= 4 is 17.5 Å². The zero-order valence-electron chi connectivity index (χ0n) is 12.1. The lowest BCUT2D eigenvalue weighted by molar-refractivity contribution is -0.154. The van der Waals surface area contributed by atoms with Crippen LogP contribution in [0.2, 0.25) is 0 Å². The van der Waals surface area contributed by atoms with Gasteiger partial charge in [-0.3, -0.25) is 14.4 Å². The highest BCUT2D eigenvalue weighted by Gasteiger charge is 2.36. The fraction of sp³-hybridized carbons (Fsp3) is 0.800. The standard InChI is InChI=1S/C15H24O4/c1-4-19-15(18)12(9-13(16)10(2)3)14(17)11-7-5-6-8-11/h10-12H,4-9H2,1-3H3. The van der Waals surface area contributed by atoms with Crippen LogP contribution in [0, 0.1) is 17.8 Å². The predicted octanol–water partition coefficient (Wildman–Crippen LogP) is 2.54. The fourth-order valence-electron chi connectivity index (χ4n) is 2.47. The Bertz CT molecular complexity index is 340. The summed E-state index contributed by atoms with van der Waals surface area (Å²) in [6, 6.07) is 0. The first-order chi connectivity index (χ1) is 8.97. The topological polar surface area (TPSA) is 60.4 Å². The Balaban J connectivity index is 2.75. The number of hydrogen-bond donors (Lipinski definition) is 0. The van der Waals surface area contributed by atoms with Crippen LogP contribution in [0.25, 0.3) is 0 Å². The lowest BCUT2D eigenvalue weighted by Gasteiger charge is -2.18. The van der Waals surface area contributed by atoms with Crippen LogP contribution in [0.15, 0.2) is 0 Å². The molecule has 0 bridgehead atoms. The van der Waals surface area contributed by atoms with Crippen LogP contribution < -0.4 is 0 Å². The van der Waals surface area contributed by atoms with Crippen molar-refractivity contribution in [3.8, 4) is 0 Å². The molecule has 19 heavy (non-hydrogen) atoms. The van der Waals surface area contributed by atoms with E-state index in [4.69, 9.17) is 4.74 Å². The largest absolute Gasteiger partial charge is 0.465 e. The minimum absolute atomic E-state index is 0.00810. The van der Waals surface area contributed by atoms with Crippen molar-refractivity contribution in [1.82, 2.24) is 0 Å². The van der Waals surface area contributed by atoms with Gasteiger partial charge >= 0.3 is 5.97 Å². The minimum atomic E-state index is -0.891. The molecule has 0 heterocycles. The molecule has 0 N–H and O–H groups in total. The van der Waals surface area contributed by atoms with Crippen LogP contribution in [0.5, 0.6) is 0 Å². The third kappa shape index (κ3) is 4.44. The smallest absolute Gasteiger partial charge is 0.316 e. The van der Waals surface area contributed by atoms with Gasteiger partial charge < -0.3 is 4.74 Å². The van der Waals surface area contributed by atoms with Crippen molar-refractivity contribution in [2.75, 3.05) is 6.61 Å². The van der Waals surface area contributed by atoms with Crippen molar-refractivity contribution in [2.24, 2.45) is 17.8 Å². The van der Waals surface area contributed by atoms with Crippen LogP contribution in [0.3, 0.4) is 0 Å². The van der Waals surface area contributed by atoms with E-state index in [1.807, 2.05) is 0 Å². The lowest BCUT2D eigenvalue weighted by atomic mass is 9.86. The van der Waals surface area contributed by atoms with Crippen molar-refractivity contribution in [2.45, 2.75) is 52.9 Å². The van der Waals surface area contributed by atoms with Crippen molar-refractivity contribution in [3.05, 3.63) is 0 Å². The number of carbonyl (C=O) groups excluding carboxylic acids is 3. The SMILES string of the molecule is CCOC(=O)C(CC(=O)C(C)C)C(=O)C1CCCC1. The van der Waals surface area contributed by atoms with Gasteiger partial charge in [0.15, 0.2) is 5.78 Å². The Kier molecular flexibility index (Phi) is 6.19. The number of ketones is 2. The molecule has 0 aromatic rings. The normalized spacial score (nSPS) is 17.5. The Hall–Kier alpha value is -1.19. The van der Waals surface area contributed by atoms with Crippen molar-refractivity contribution < 1.29 is 19.1 Å². The summed E-state index contributed by atoms with van der Waals surface area (Å²) in [5.41, 5.74) is 0. The summed E-state index contributed by atoms with van der Waals surface area (Å²) in [5, 5.41) is 0. The average Bonchev–Trinajstić information content (AvgIpc) is 2.88. The van der Waals surface area contributed by atoms with Gasteiger partial charge in [0.25, 0.3) is 0 Å². The third-order valence-electron chi connectivity index (χ3n) is 3.72. The summed E-state index contributed by atoms with van der Waals surface area (Å²) in [6.07, 6.45) is 3.73. The van der Waals surface area contributed by atoms with E-state index in [1.165, 1.54) is 0 Å². The van der Waals surface area contributed by atoms with Gasteiger partial charge in [0.1, 0.15) is 11.7 Å². The second-order valence-corrected chi connectivity index (χ2v) is 5.51. The molecule has 1 saturated carbocycles. The zero-order valence-corrected chi connectivity index (χ0v) is 12.1. The monoisotopic (exact) mass is 268 g/mol. The Morgan fingerprint density at radius 1 is 1.16 bits per heavy atom. The van der Waals surface area contributed by atoms with E-state index in [0.717, 1.165) is 25.7 Å².